The molecule has 1 unspecified atom stereocenters. The zero-order valence-electron chi connectivity index (χ0n) is 10.1. The first-order valence-electron chi connectivity index (χ1n) is 5.83. The molecule has 1 heterocycles. The maximum atomic E-state index is 9.39. The van der Waals surface area contributed by atoms with Gasteiger partial charge in [-0.3, -0.25) is 4.90 Å². The van der Waals surface area contributed by atoms with Gasteiger partial charge >= 0.3 is 0 Å². The maximum absolute atomic E-state index is 9.39. The molecule has 90 valence electrons. The molecule has 0 aliphatic carbocycles. The fourth-order valence-corrected chi connectivity index (χ4v) is 1.88. The quantitative estimate of drug-likeness (QED) is 0.659. The summed E-state index contributed by atoms with van der Waals surface area (Å²) in [6.45, 7) is 7.45. The lowest BCUT2D eigenvalue weighted by atomic mass is 10.2. The summed E-state index contributed by atoms with van der Waals surface area (Å²) in [5.74, 6) is 0. The summed E-state index contributed by atoms with van der Waals surface area (Å²) in [7, 11) is 2.11. The van der Waals surface area contributed by atoms with Crippen molar-refractivity contribution >= 4 is 0 Å². The van der Waals surface area contributed by atoms with Crippen LogP contribution in [-0.2, 0) is 4.74 Å². The average Bonchev–Trinajstić information content (AvgIpc) is 2.60. The van der Waals surface area contributed by atoms with E-state index in [2.05, 4.69) is 24.2 Å². The Morgan fingerprint density at radius 1 is 1.60 bits per heavy atom. The first-order valence-corrected chi connectivity index (χ1v) is 5.83. The standard InChI is InChI=1S/C11H24N2O2/c1-4-15-8-9(2)13(3)7-10-5-11(14)6-12-10/h9-12,14H,4-8H2,1-3H3/t9?,10-,11+/m0/s1. The number of hydrogen-bond donors (Lipinski definition) is 2. The van der Waals surface area contributed by atoms with E-state index in [1.54, 1.807) is 0 Å². The Morgan fingerprint density at radius 3 is 2.87 bits per heavy atom. The predicted octanol–water partition coefficient (Wildman–Crippen LogP) is 0.0660. The predicted molar refractivity (Wildman–Crippen MR) is 61.0 cm³/mol. The van der Waals surface area contributed by atoms with Crippen LogP contribution in [-0.4, -0.2) is 61.5 Å². The van der Waals surface area contributed by atoms with E-state index in [0.717, 1.165) is 32.7 Å². The Labute approximate surface area is 92.6 Å². The van der Waals surface area contributed by atoms with Crippen molar-refractivity contribution in [2.24, 2.45) is 0 Å². The molecule has 2 N–H and O–H groups in total. The Hall–Kier alpha value is -0.160. The third-order valence-electron chi connectivity index (χ3n) is 3.02. The summed E-state index contributed by atoms with van der Waals surface area (Å²) in [6.07, 6.45) is 0.705. The molecule has 1 aliphatic heterocycles. The molecule has 1 aliphatic rings. The second-order valence-corrected chi connectivity index (χ2v) is 4.44. The fraction of sp³-hybridized carbons (Fsp3) is 1.00. The maximum Gasteiger partial charge on any atom is 0.0680 e. The summed E-state index contributed by atoms with van der Waals surface area (Å²) in [5, 5.41) is 12.7. The van der Waals surface area contributed by atoms with E-state index in [0.29, 0.717) is 12.1 Å². The summed E-state index contributed by atoms with van der Waals surface area (Å²) in [5.41, 5.74) is 0. The first kappa shape index (κ1) is 12.9. The number of aliphatic hydroxyl groups excluding tert-OH is 1. The zero-order chi connectivity index (χ0) is 11.3. The van der Waals surface area contributed by atoms with E-state index < -0.39 is 0 Å². The van der Waals surface area contributed by atoms with Crippen LogP contribution >= 0.6 is 0 Å². The molecule has 0 aromatic rings. The van der Waals surface area contributed by atoms with Gasteiger partial charge in [-0.25, -0.2) is 0 Å². The van der Waals surface area contributed by atoms with Gasteiger partial charge < -0.3 is 15.2 Å². The SMILES string of the molecule is CCOCC(C)N(C)C[C@@H]1C[C@@H](O)CN1. The van der Waals surface area contributed by atoms with Crippen molar-refractivity contribution in [2.75, 3.05) is 33.4 Å². The van der Waals surface area contributed by atoms with E-state index in [9.17, 15) is 5.11 Å². The van der Waals surface area contributed by atoms with Gasteiger partial charge in [0, 0.05) is 31.8 Å². The summed E-state index contributed by atoms with van der Waals surface area (Å²) in [6, 6.07) is 0.860. The van der Waals surface area contributed by atoms with E-state index >= 15 is 0 Å². The third-order valence-corrected chi connectivity index (χ3v) is 3.02. The van der Waals surface area contributed by atoms with E-state index in [-0.39, 0.29) is 6.10 Å². The molecule has 0 bridgehead atoms. The molecule has 1 saturated heterocycles. The molecule has 0 spiro atoms. The smallest absolute Gasteiger partial charge is 0.0680 e. The zero-order valence-corrected chi connectivity index (χ0v) is 10.1. The van der Waals surface area contributed by atoms with Crippen molar-refractivity contribution in [3.8, 4) is 0 Å². The highest BCUT2D eigenvalue weighted by molar-refractivity contribution is 4.83. The van der Waals surface area contributed by atoms with Gasteiger partial charge in [0.15, 0.2) is 0 Å². The molecule has 0 amide bonds. The van der Waals surface area contributed by atoms with Gasteiger partial charge in [0.25, 0.3) is 0 Å². The van der Waals surface area contributed by atoms with Crippen molar-refractivity contribution in [1.29, 1.82) is 0 Å². The number of likely N-dealkylation sites (N-methyl/N-ethyl adjacent to an activating group) is 1. The van der Waals surface area contributed by atoms with Crippen LogP contribution in [0.5, 0.6) is 0 Å². The van der Waals surface area contributed by atoms with Gasteiger partial charge in [-0.15, -0.1) is 0 Å². The van der Waals surface area contributed by atoms with Crippen LogP contribution in [0.2, 0.25) is 0 Å². The van der Waals surface area contributed by atoms with Crippen LogP contribution < -0.4 is 5.32 Å². The van der Waals surface area contributed by atoms with Gasteiger partial charge in [0.05, 0.1) is 12.7 Å². The van der Waals surface area contributed by atoms with Gasteiger partial charge in [-0.2, -0.15) is 0 Å². The van der Waals surface area contributed by atoms with E-state index in [1.807, 2.05) is 6.92 Å². The number of rotatable bonds is 6. The number of nitrogens with zero attached hydrogens (tertiary/aromatic N) is 1. The normalized spacial score (nSPS) is 28.6. The summed E-state index contributed by atoms with van der Waals surface area (Å²) >= 11 is 0. The van der Waals surface area contributed by atoms with Crippen LogP contribution in [0.25, 0.3) is 0 Å². The third kappa shape index (κ3) is 4.47. The van der Waals surface area contributed by atoms with Gasteiger partial charge in [-0.05, 0) is 27.3 Å². The Morgan fingerprint density at radius 2 is 2.33 bits per heavy atom. The second kappa shape index (κ2) is 6.43. The van der Waals surface area contributed by atoms with Gasteiger partial charge in [0.1, 0.15) is 0 Å². The molecule has 1 rings (SSSR count). The van der Waals surface area contributed by atoms with Crippen molar-refractivity contribution in [1.82, 2.24) is 10.2 Å². The molecular weight excluding hydrogens is 192 g/mol. The largest absolute Gasteiger partial charge is 0.392 e. The average molecular weight is 216 g/mol. The number of hydrogen-bond acceptors (Lipinski definition) is 4. The molecule has 4 heteroatoms. The Balaban J connectivity index is 2.19. The number of ether oxygens (including phenoxy) is 1. The van der Waals surface area contributed by atoms with Crippen LogP contribution in [0, 0.1) is 0 Å². The van der Waals surface area contributed by atoms with Crippen LogP contribution in [0.4, 0.5) is 0 Å². The van der Waals surface area contributed by atoms with Crippen molar-refractivity contribution in [3.63, 3.8) is 0 Å². The molecule has 0 radical (unpaired) electrons. The second-order valence-electron chi connectivity index (χ2n) is 4.44. The summed E-state index contributed by atoms with van der Waals surface area (Å²) < 4.78 is 5.39. The molecular formula is C11H24N2O2. The molecule has 4 nitrogen and oxygen atoms in total. The van der Waals surface area contributed by atoms with Crippen LogP contribution in [0.1, 0.15) is 20.3 Å². The van der Waals surface area contributed by atoms with Gasteiger partial charge in [0.2, 0.25) is 0 Å². The van der Waals surface area contributed by atoms with Crippen molar-refractivity contribution in [3.05, 3.63) is 0 Å². The number of nitrogens with one attached hydrogen (secondary N) is 1. The minimum absolute atomic E-state index is 0.161. The lowest BCUT2D eigenvalue weighted by molar-refractivity contribution is 0.0812. The molecule has 0 saturated carbocycles. The highest BCUT2D eigenvalue weighted by atomic mass is 16.5. The summed E-state index contributed by atoms with van der Waals surface area (Å²) in [4.78, 5) is 2.28. The van der Waals surface area contributed by atoms with Gasteiger partial charge in [-0.1, -0.05) is 0 Å². The highest BCUT2D eigenvalue weighted by Gasteiger charge is 2.24. The first-order chi connectivity index (χ1) is 7.13. The van der Waals surface area contributed by atoms with Crippen molar-refractivity contribution < 1.29 is 9.84 Å². The number of β-amino-alcohol motifs (C(OH)–C–C–N with tert-alkyl or cyclic N) is 1. The molecule has 0 aromatic carbocycles. The Bertz CT molecular complexity index is 178. The lowest BCUT2D eigenvalue weighted by Gasteiger charge is -2.27. The topological polar surface area (TPSA) is 44.7 Å². The molecule has 0 aromatic heterocycles. The molecule has 3 atom stereocenters. The lowest BCUT2D eigenvalue weighted by Crippen LogP contribution is -2.41. The minimum Gasteiger partial charge on any atom is -0.392 e. The fourth-order valence-electron chi connectivity index (χ4n) is 1.88. The molecule has 1 fully saturated rings. The molecule has 15 heavy (non-hydrogen) atoms. The monoisotopic (exact) mass is 216 g/mol. The minimum atomic E-state index is -0.161. The number of aliphatic hydroxyl groups is 1. The van der Waals surface area contributed by atoms with Crippen molar-refractivity contribution in [2.45, 2.75) is 38.5 Å². The Kier molecular flexibility index (Phi) is 5.53. The van der Waals surface area contributed by atoms with E-state index in [4.69, 9.17) is 4.74 Å². The van der Waals surface area contributed by atoms with Crippen LogP contribution in [0.3, 0.4) is 0 Å². The van der Waals surface area contributed by atoms with Crippen LogP contribution in [0.15, 0.2) is 0 Å². The highest BCUT2D eigenvalue weighted by Crippen LogP contribution is 2.08. The van der Waals surface area contributed by atoms with E-state index in [1.165, 1.54) is 0 Å².